The van der Waals surface area contributed by atoms with Crippen LogP contribution in [0.2, 0.25) is 0 Å². The Kier molecular flexibility index (Phi) is 11.0. The first-order valence-electron chi connectivity index (χ1n) is 7.70. The molecule has 9 nitrogen and oxygen atoms in total. The van der Waals surface area contributed by atoms with Crippen molar-refractivity contribution in [3.63, 3.8) is 0 Å². The number of nitrogens with two attached hydrogens (primary N) is 3. The molecule has 0 amide bonds. The molecule has 4 rings (SSSR count). The molecule has 0 aliphatic rings. The van der Waals surface area contributed by atoms with E-state index in [2.05, 4.69) is 29.9 Å². The van der Waals surface area contributed by atoms with E-state index in [1.165, 1.54) is 19.0 Å². The van der Waals surface area contributed by atoms with Gasteiger partial charge >= 0.3 is 0 Å². The number of anilines is 3. The number of nitrogen functional groups attached to an aromatic ring is 3. The number of hydrogen-bond acceptors (Lipinski definition) is 9. The minimum atomic E-state index is 0.759. The van der Waals surface area contributed by atoms with E-state index < -0.39 is 0 Å². The van der Waals surface area contributed by atoms with Gasteiger partial charge in [0.15, 0.2) is 0 Å². The minimum Gasteiger partial charge on any atom is -0.399 e. The topological polar surface area (TPSA) is 155 Å². The van der Waals surface area contributed by atoms with E-state index in [4.69, 9.17) is 17.2 Å². The van der Waals surface area contributed by atoms with Gasteiger partial charge < -0.3 is 17.2 Å². The molecule has 0 radical (unpaired) electrons. The van der Waals surface area contributed by atoms with Crippen LogP contribution in [0.25, 0.3) is 0 Å². The summed E-state index contributed by atoms with van der Waals surface area (Å²) < 4.78 is 0. The van der Waals surface area contributed by atoms with Crippen LogP contribution >= 0.6 is 0 Å². The molecule has 0 atom stereocenters. The summed E-state index contributed by atoms with van der Waals surface area (Å²) in [6.07, 6.45) is 14.3. The molecule has 9 heteroatoms. The predicted molar refractivity (Wildman–Crippen MR) is 106 cm³/mol. The number of rotatable bonds is 0. The predicted octanol–water partition coefficient (Wildman–Crippen LogP) is 1.86. The molecule has 4 heterocycles. The maximum absolute atomic E-state index is 5.32. The highest BCUT2D eigenvalue weighted by molar-refractivity contribution is 5.34. The number of nitrogens with zero attached hydrogens (tertiary/aromatic N) is 6. The Labute approximate surface area is 157 Å². The van der Waals surface area contributed by atoms with Crippen molar-refractivity contribution in [1.29, 1.82) is 0 Å². The van der Waals surface area contributed by atoms with Crippen molar-refractivity contribution in [2.24, 2.45) is 0 Å². The summed E-state index contributed by atoms with van der Waals surface area (Å²) >= 11 is 0. The molecule has 0 saturated carbocycles. The molecule has 0 fully saturated rings. The van der Waals surface area contributed by atoms with Gasteiger partial charge in [-0.2, -0.15) is 0 Å². The van der Waals surface area contributed by atoms with Crippen LogP contribution in [0, 0.1) is 0 Å². The first-order valence-corrected chi connectivity index (χ1v) is 7.70. The van der Waals surface area contributed by atoms with Gasteiger partial charge in [0.1, 0.15) is 19.0 Å². The second kappa shape index (κ2) is 14.2. The Morgan fingerprint density at radius 3 is 0.704 bits per heavy atom. The van der Waals surface area contributed by atoms with Crippen LogP contribution in [-0.2, 0) is 0 Å². The van der Waals surface area contributed by atoms with Crippen LogP contribution < -0.4 is 17.2 Å². The van der Waals surface area contributed by atoms with Crippen molar-refractivity contribution in [3.8, 4) is 0 Å². The zero-order valence-electron chi connectivity index (χ0n) is 14.6. The Bertz CT molecular complexity index is 685. The number of pyridine rings is 3. The molecule has 4 aromatic heterocycles. The second-order valence-corrected chi connectivity index (χ2v) is 4.64. The van der Waals surface area contributed by atoms with Gasteiger partial charge in [-0.05, 0) is 36.4 Å². The SMILES string of the molecule is Nc1ccncc1.Nc1ccncc1.Nc1ccncc1.c1ncncn1. The zero-order valence-corrected chi connectivity index (χ0v) is 14.6. The minimum absolute atomic E-state index is 0.759. The first kappa shape index (κ1) is 20.9. The first-order chi connectivity index (χ1) is 13.2. The molecule has 0 aliphatic carbocycles. The lowest BCUT2D eigenvalue weighted by atomic mass is 10.4. The summed E-state index contributed by atoms with van der Waals surface area (Å²) in [7, 11) is 0. The second-order valence-electron chi connectivity index (χ2n) is 4.64. The average Bonchev–Trinajstić information content (AvgIpc) is 2.73. The van der Waals surface area contributed by atoms with E-state index in [1.54, 1.807) is 73.6 Å². The van der Waals surface area contributed by atoms with Gasteiger partial charge in [-0.25, -0.2) is 15.0 Å². The zero-order chi connectivity index (χ0) is 19.6. The third-order valence-corrected chi connectivity index (χ3v) is 2.52. The van der Waals surface area contributed by atoms with Crippen LogP contribution in [0.3, 0.4) is 0 Å². The van der Waals surface area contributed by atoms with Gasteiger partial charge in [-0.1, -0.05) is 0 Å². The molecule has 4 aromatic rings. The van der Waals surface area contributed by atoms with Gasteiger partial charge in [0.05, 0.1) is 0 Å². The van der Waals surface area contributed by atoms with Gasteiger partial charge in [0.2, 0.25) is 0 Å². The lowest BCUT2D eigenvalue weighted by Crippen LogP contribution is -1.81. The van der Waals surface area contributed by atoms with E-state index in [1.807, 2.05) is 0 Å². The molecule has 0 spiro atoms. The number of aromatic nitrogens is 6. The lowest BCUT2D eigenvalue weighted by Gasteiger charge is -1.83. The monoisotopic (exact) mass is 363 g/mol. The fraction of sp³-hybridized carbons (Fsp3) is 0. The third-order valence-electron chi connectivity index (χ3n) is 2.52. The van der Waals surface area contributed by atoms with Crippen molar-refractivity contribution < 1.29 is 0 Å². The highest BCUT2D eigenvalue weighted by atomic mass is 14.9. The Morgan fingerprint density at radius 1 is 0.370 bits per heavy atom. The summed E-state index contributed by atoms with van der Waals surface area (Å²) in [5.41, 5.74) is 18.2. The molecule has 6 N–H and O–H groups in total. The molecular formula is C18H21N9. The Hall–Kier alpha value is -4.14. The van der Waals surface area contributed by atoms with Crippen molar-refractivity contribution in [2.75, 3.05) is 17.2 Å². The van der Waals surface area contributed by atoms with E-state index in [0.29, 0.717) is 0 Å². The highest BCUT2D eigenvalue weighted by Crippen LogP contribution is 1.94. The number of hydrogen-bond donors (Lipinski definition) is 3. The van der Waals surface area contributed by atoms with E-state index in [9.17, 15) is 0 Å². The van der Waals surface area contributed by atoms with E-state index in [0.717, 1.165) is 17.1 Å². The summed E-state index contributed by atoms with van der Waals surface area (Å²) in [6, 6.07) is 10.5. The average molecular weight is 363 g/mol. The summed E-state index contributed by atoms with van der Waals surface area (Å²) in [5, 5.41) is 0. The van der Waals surface area contributed by atoms with Crippen LogP contribution in [0.15, 0.2) is 92.6 Å². The molecule has 138 valence electrons. The quantitative estimate of drug-likeness (QED) is 0.424. The largest absolute Gasteiger partial charge is 0.399 e. The van der Waals surface area contributed by atoms with Crippen LogP contribution in [0.4, 0.5) is 17.1 Å². The molecule has 0 aliphatic heterocycles. The summed E-state index contributed by atoms with van der Waals surface area (Å²) in [4.78, 5) is 22.0. The van der Waals surface area contributed by atoms with Gasteiger partial charge in [0, 0.05) is 54.2 Å². The van der Waals surface area contributed by atoms with Crippen molar-refractivity contribution in [3.05, 3.63) is 92.6 Å². The van der Waals surface area contributed by atoms with Crippen molar-refractivity contribution in [2.45, 2.75) is 0 Å². The summed E-state index contributed by atoms with van der Waals surface area (Å²) in [6.45, 7) is 0. The smallest absolute Gasteiger partial charge is 0.119 e. The fourth-order valence-electron chi connectivity index (χ4n) is 1.30. The lowest BCUT2D eigenvalue weighted by molar-refractivity contribution is 1.05. The molecule has 0 saturated heterocycles. The molecule has 27 heavy (non-hydrogen) atoms. The standard InChI is InChI=1S/3C5H6N2.C3H3N3/c3*6-5-1-3-7-4-2-5;1-4-2-6-3-5-1/h3*1-4H,(H2,6,7);1-3H. The molecule has 0 bridgehead atoms. The molecular weight excluding hydrogens is 342 g/mol. The molecule has 0 unspecified atom stereocenters. The summed E-state index contributed by atoms with van der Waals surface area (Å²) in [5.74, 6) is 0. The molecule has 0 aromatic carbocycles. The maximum Gasteiger partial charge on any atom is 0.119 e. The van der Waals surface area contributed by atoms with E-state index in [-0.39, 0.29) is 0 Å². The van der Waals surface area contributed by atoms with Gasteiger partial charge in [-0.3, -0.25) is 15.0 Å². The maximum atomic E-state index is 5.32. The van der Waals surface area contributed by atoms with Crippen molar-refractivity contribution in [1.82, 2.24) is 29.9 Å². The van der Waals surface area contributed by atoms with Crippen LogP contribution in [0.5, 0.6) is 0 Å². The van der Waals surface area contributed by atoms with Crippen molar-refractivity contribution >= 4 is 17.1 Å². The third kappa shape index (κ3) is 12.9. The van der Waals surface area contributed by atoms with Crippen LogP contribution in [-0.4, -0.2) is 29.9 Å². The van der Waals surface area contributed by atoms with E-state index >= 15 is 0 Å². The Morgan fingerprint density at radius 2 is 0.593 bits per heavy atom. The van der Waals surface area contributed by atoms with Crippen LogP contribution in [0.1, 0.15) is 0 Å². The normalized spacial score (nSPS) is 8.44. The van der Waals surface area contributed by atoms with Gasteiger partial charge in [-0.15, -0.1) is 0 Å². The fourth-order valence-corrected chi connectivity index (χ4v) is 1.30. The highest BCUT2D eigenvalue weighted by Gasteiger charge is 1.74. The Balaban J connectivity index is 0.000000180. The van der Waals surface area contributed by atoms with Gasteiger partial charge in [0.25, 0.3) is 0 Å².